The normalized spacial score (nSPS) is 11.9. The number of aryl methyl sites for hydroxylation is 1. The molecule has 1 aromatic carbocycles. The van der Waals surface area contributed by atoms with Crippen LogP contribution in [0.15, 0.2) is 52.2 Å². The molecule has 4 aromatic rings. The Morgan fingerprint density at radius 1 is 1.08 bits per heavy atom. The molecule has 0 radical (unpaired) electrons. The molecule has 3 heterocycles. The number of rotatable bonds is 4. The van der Waals surface area contributed by atoms with Crippen LogP contribution in [0.3, 0.4) is 0 Å². The maximum absolute atomic E-state index is 14.9. The number of para-hydroxylation sites is 1. The Labute approximate surface area is 205 Å². The molecule has 0 aliphatic carbocycles. The minimum absolute atomic E-state index is 0.0824. The molecule has 1 N–H and O–H groups in total. The van der Waals surface area contributed by atoms with Gasteiger partial charge in [0.1, 0.15) is 17.0 Å². The number of fused-ring (bicyclic) bond motifs is 1. The van der Waals surface area contributed by atoms with Gasteiger partial charge in [0, 0.05) is 23.7 Å². The fourth-order valence-electron chi connectivity index (χ4n) is 4.19. The first-order valence-corrected chi connectivity index (χ1v) is 10.8. The molecule has 192 valence electrons. The Hall–Kier alpha value is -4.55. The highest BCUT2D eigenvalue weighted by Crippen LogP contribution is 2.37. The SMILES string of the molecule is Cc1ccnc(C(C)C)c1-n1c(=O)cc(O)c2cc(C(F)(F)F)n(-c3c(F)cccc3[N+](=O)[O-])c(=O)c21. The molecule has 0 aliphatic rings. The monoisotopic (exact) mass is 518 g/mol. The van der Waals surface area contributed by atoms with Gasteiger partial charge in [-0.05, 0) is 36.6 Å². The summed E-state index contributed by atoms with van der Waals surface area (Å²) in [6.07, 6.45) is -3.87. The van der Waals surface area contributed by atoms with Crippen LogP contribution < -0.4 is 11.1 Å². The zero-order valence-electron chi connectivity index (χ0n) is 19.5. The van der Waals surface area contributed by atoms with E-state index in [9.17, 15) is 42.4 Å². The Morgan fingerprint density at radius 2 is 1.76 bits per heavy atom. The topological polar surface area (TPSA) is 120 Å². The first-order chi connectivity index (χ1) is 17.3. The van der Waals surface area contributed by atoms with E-state index in [-0.39, 0.29) is 16.2 Å². The van der Waals surface area contributed by atoms with E-state index < -0.39 is 61.8 Å². The molecule has 0 bridgehead atoms. The fraction of sp³-hybridized carbons (Fsp3) is 0.208. The van der Waals surface area contributed by atoms with E-state index in [2.05, 4.69) is 4.98 Å². The number of halogens is 4. The average Bonchev–Trinajstić information content (AvgIpc) is 2.79. The van der Waals surface area contributed by atoms with Crippen LogP contribution in [-0.2, 0) is 6.18 Å². The summed E-state index contributed by atoms with van der Waals surface area (Å²) < 4.78 is 58.0. The van der Waals surface area contributed by atoms with Crippen molar-refractivity contribution in [3.05, 3.63) is 96.2 Å². The molecule has 0 fully saturated rings. The maximum atomic E-state index is 14.9. The van der Waals surface area contributed by atoms with E-state index in [0.29, 0.717) is 29.5 Å². The van der Waals surface area contributed by atoms with E-state index in [1.54, 1.807) is 20.8 Å². The summed E-state index contributed by atoms with van der Waals surface area (Å²) in [5, 5.41) is 21.3. The number of pyridine rings is 3. The first-order valence-electron chi connectivity index (χ1n) is 10.8. The van der Waals surface area contributed by atoms with E-state index in [0.717, 1.165) is 16.7 Å². The van der Waals surface area contributed by atoms with Crippen molar-refractivity contribution < 1.29 is 27.6 Å². The van der Waals surface area contributed by atoms with E-state index in [1.807, 2.05) is 0 Å². The number of benzene rings is 1. The van der Waals surface area contributed by atoms with Gasteiger partial charge < -0.3 is 5.11 Å². The van der Waals surface area contributed by atoms with Gasteiger partial charge >= 0.3 is 6.18 Å². The minimum atomic E-state index is -5.32. The van der Waals surface area contributed by atoms with Gasteiger partial charge in [-0.15, -0.1) is 0 Å². The van der Waals surface area contributed by atoms with E-state index in [4.69, 9.17) is 0 Å². The van der Waals surface area contributed by atoms with Crippen molar-refractivity contribution >= 4 is 16.6 Å². The van der Waals surface area contributed by atoms with Gasteiger partial charge in [0.2, 0.25) is 0 Å². The average molecular weight is 518 g/mol. The zero-order valence-corrected chi connectivity index (χ0v) is 19.5. The van der Waals surface area contributed by atoms with Gasteiger partial charge in [-0.1, -0.05) is 19.9 Å². The van der Waals surface area contributed by atoms with E-state index >= 15 is 0 Å². The Balaban J connectivity index is 2.35. The largest absolute Gasteiger partial charge is 0.507 e. The summed E-state index contributed by atoms with van der Waals surface area (Å²) in [5.41, 5.74) is -6.66. The molecule has 4 rings (SSSR count). The van der Waals surface area contributed by atoms with Gasteiger partial charge in [-0.25, -0.2) is 4.39 Å². The van der Waals surface area contributed by atoms with E-state index in [1.165, 1.54) is 12.3 Å². The standard InChI is InChI=1S/C24H18F4N4O5/c1-11(2)19-20(12(3)7-8-29-19)31-18(34)10-16(33)13-9-17(24(26,27)28)30(23(35)21(13)31)22-14(25)5-4-6-15(22)32(36)37/h4-11,33H,1-3H3. The Morgan fingerprint density at radius 3 is 2.35 bits per heavy atom. The van der Waals surface area contributed by atoms with Crippen LogP contribution in [0.2, 0.25) is 0 Å². The molecule has 9 nitrogen and oxygen atoms in total. The maximum Gasteiger partial charge on any atom is 0.431 e. The smallest absolute Gasteiger partial charge is 0.431 e. The number of nitro benzene ring substituents is 1. The third-order valence-electron chi connectivity index (χ3n) is 5.76. The van der Waals surface area contributed by atoms with Gasteiger partial charge in [0.15, 0.2) is 11.5 Å². The molecule has 0 amide bonds. The molecule has 3 aromatic heterocycles. The van der Waals surface area contributed by atoms with Gasteiger partial charge in [0.05, 0.1) is 16.3 Å². The highest BCUT2D eigenvalue weighted by Gasteiger charge is 2.39. The summed E-state index contributed by atoms with van der Waals surface area (Å²) in [6.45, 7) is 5.06. The van der Waals surface area contributed by atoms with Crippen LogP contribution in [-0.4, -0.2) is 24.1 Å². The van der Waals surface area contributed by atoms with Crippen LogP contribution in [0.5, 0.6) is 5.75 Å². The second kappa shape index (κ2) is 8.84. The Bertz CT molecular complexity index is 1710. The summed E-state index contributed by atoms with van der Waals surface area (Å²) in [6, 6.07) is 4.82. The van der Waals surface area contributed by atoms with Crippen molar-refractivity contribution in [2.45, 2.75) is 32.9 Å². The van der Waals surface area contributed by atoms with Crippen molar-refractivity contribution in [3.8, 4) is 17.1 Å². The number of nitrogens with zero attached hydrogens (tertiary/aromatic N) is 4. The molecule has 0 unspecified atom stereocenters. The van der Waals surface area contributed by atoms with Crippen molar-refractivity contribution in [2.24, 2.45) is 0 Å². The van der Waals surface area contributed by atoms with Crippen LogP contribution in [0.4, 0.5) is 23.2 Å². The lowest BCUT2D eigenvalue weighted by Crippen LogP contribution is -2.33. The summed E-state index contributed by atoms with van der Waals surface area (Å²) in [5.74, 6) is -2.72. The van der Waals surface area contributed by atoms with Gasteiger partial charge in [-0.2, -0.15) is 13.2 Å². The van der Waals surface area contributed by atoms with Crippen LogP contribution in [0.1, 0.15) is 36.7 Å². The fourth-order valence-corrected chi connectivity index (χ4v) is 4.19. The van der Waals surface area contributed by atoms with Crippen molar-refractivity contribution in [1.29, 1.82) is 0 Å². The molecule has 13 heteroatoms. The second-order valence-electron chi connectivity index (χ2n) is 8.51. The number of alkyl halides is 3. The van der Waals surface area contributed by atoms with Crippen LogP contribution in [0, 0.1) is 22.9 Å². The Kier molecular flexibility index (Phi) is 6.10. The highest BCUT2D eigenvalue weighted by molar-refractivity contribution is 5.87. The minimum Gasteiger partial charge on any atom is -0.507 e. The van der Waals surface area contributed by atoms with Gasteiger partial charge in [0.25, 0.3) is 16.8 Å². The molecule has 0 saturated heterocycles. The van der Waals surface area contributed by atoms with Crippen molar-refractivity contribution in [3.63, 3.8) is 0 Å². The van der Waals surface area contributed by atoms with Crippen LogP contribution >= 0.6 is 0 Å². The molecule has 0 saturated carbocycles. The number of hydrogen-bond acceptors (Lipinski definition) is 6. The van der Waals surface area contributed by atoms with Gasteiger partial charge in [-0.3, -0.25) is 33.8 Å². The summed E-state index contributed by atoms with van der Waals surface area (Å²) >= 11 is 0. The number of aromatic nitrogens is 3. The first kappa shape index (κ1) is 25.5. The molecule has 0 aliphatic heterocycles. The second-order valence-corrected chi connectivity index (χ2v) is 8.51. The number of aromatic hydroxyl groups is 1. The molecule has 0 spiro atoms. The molecule has 0 atom stereocenters. The predicted octanol–water partition coefficient (Wildman–Crippen LogP) is 4.74. The number of hydrogen-bond donors (Lipinski definition) is 1. The van der Waals surface area contributed by atoms with Crippen LogP contribution in [0.25, 0.3) is 22.3 Å². The summed E-state index contributed by atoms with van der Waals surface area (Å²) in [4.78, 5) is 41.6. The molecule has 37 heavy (non-hydrogen) atoms. The third-order valence-corrected chi connectivity index (χ3v) is 5.76. The quantitative estimate of drug-likeness (QED) is 0.237. The predicted molar refractivity (Wildman–Crippen MR) is 125 cm³/mol. The lowest BCUT2D eigenvalue weighted by atomic mass is 10.0. The summed E-state index contributed by atoms with van der Waals surface area (Å²) in [7, 11) is 0. The molecular weight excluding hydrogens is 500 g/mol. The van der Waals surface area contributed by atoms with Crippen molar-refractivity contribution in [1.82, 2.24) is 14.1 Å². The lowest BCUT2D eigenvalue weighted by Gasteiger charge is -2.21. The van der Waals surface area contributed by atoms with Crippen molar-refractivity contribution in [2.75, 3.05) is 0 Å². The zero-order chi connectivity index (χ0) is 27.4. The lowest BCUT2D eigenvalue weighted by molar-refractivity contribution is -0.384. The third kappa shape index (κ3) is 4.11. The highest BCUT2D eigenvalue weighted by atomic mass is 19.4. The molecular formula is C24H18F4N4O5. The number of nitro groups is 1.